The van der Waals surface area contributed by atoms with Gasteiger partial charge in [0.05, 0.1) is 6.10 Å². The van der Waals surface area contributed by atoms with E-state index in [9.17, 15) is 19.5 Å². The molecule has 0 saturated carbocycles. The summed E-state index contributed by atoms with van der Waals surface area (Å²) in [5.74, 6) is -0.667. The van der Waals surface area contributed by atoms with Crippen LogP contribution in [0, 0.1) is 0 Å². The van der Waals surface area contributed by atoms with Gasteiger partial charge in [-0.25, -0.2) is 4.79 Å². The van der Waals surface area contributed by atoms with Crippen LogP contribution in [0.1, 0.15) is 40.0 Å². The summed E-state index contributed by atoms with van der Waals surface area (Å²) >= 11 is 0. The van der Waals surface area contributed by atoms with Gasteiger partial charge in [0.2, 0.25) is 0 Å². The lowest BCUT2D eigenvalue weighted by atomic mass is 10.0. The number of amides is 1. The second-order valence-electron chi connectivity index (χ2n) is 4.93. The number of carbonyl (C=O) groups is 3. The number of ketones is 1. The Morgan fingerprint density at radius 1 is 1.14 bits per heavy atom. The van der Waals surface area contributed by atoms with Crippen molar-refractivity contribution in [2.75, 3.05) is 7.05 Å². The zero-order valence-electron chi connectivity index (χ0n) is 13.5. The van der Waals surface area contributed by atoms with Crippen molar-refractivity contribution in [3.05, 3.63) is 12.2 Å². The Morgan fingerprint density at radius 2 is 1.77 bits per heavy atom. The lowest BCUT2D eigenvalue weighted by Gasteiger charge is -2.23. The van der Waals surface area contributed by atoms with Gasteiger partial charge in [0.25, 0.3) is 0 Å². The van der Waals surface area contributed by atoms with E-state index in [1.54, 1.807) is 0 Å². The van der Waals surface area contributed by atoms with E-state index >= 15 is 0 Å². The lowest BCUT2D eigenvalue weighted by Crippen LogP contribution is -2.31. The second kappa shape index (κ2) is 10.8. The minimum Gasteiger partial charge on any atom is -0.462 e. The number of nitrogens with one attached hydrogen (secondary N) is 1. The first-order valence-corrected chi connectivity index (χ1v) is 7.20. The zero-order chi connectivity index (χ0) is 17.1. The fourth-order valence-corrected chi connectivity index (χ4v) is 1.82. The molecule has 0 bridgehead atoms. The first kappa shape index (κ1) is 20.1. The van der Waals surface area contributed by atoms with E-state index in [0.717, 1.165) is 0 Å². The third-order valence-electron chi connectivity index (χ3n) is 2.85. The number of esters is 1. The third kappa shape index (κ3) is 9.93. The maximum absolute atomic E-state index is 11.2. The van der Waals surface area contributed by atoms with Crippen LogP contribution in [0.4, 0.5) is 4.79 Å². The van der Waals surface area contributed by atoms with Gasteiger partial charge in [-0.1, -0.05) is 13.0 Å². The van der Waals surface area contributed by atoms with Crippen molar-refractivity contribution >= 4 is 17.8 Å². The average Bonchev–Trinajstić information content (AvgIpc) is 2.43. The molecule has 7 heteroatoms. The van der Waals surface area contributed by atoms with Crippen LogP contribution in [0.15, 0.2) is 12.2 Å². The quantitative estimate of drug-likeness (QED) is 0.492. The summed E-state index contributed by atoms with van der Waals surface area (Å²) < 4.78 is 10.3. The number of alkyl carbamates (subject to hydrolysis) is 1. The summed E-state index contributed by atoms with van der Waals surface area (Å²) in [6, 6.07) is 0. The lowest BCUT2D eigenvalue weighted by molar-refractivity contribution is -0.148. The Kier molecular flexibility index (Phi) is 9.86. The van der Waals surface area contributed by atoms with Crippen LogP contribution >= 0.6 is 0 Å². The van der Waals surface area contributed by atoms with Crippen molar-refractivity contribution in [2.24, 2.45) is 0 Å². The SMILES string of the molecule is CCC(CC(CC(O)/C=C/C(C)=O)OC(C)=O)OC(=O)NC. The molecule has 1 amide bonds. The zero-order valence-corrected chi connectivity index (χ0v) is 13.5. The molecule has 22 heavy (non-hydrogen) atoms. The van der Waals surface area contributed by atoms with Gasteiger partial charge in [0.15, 0.2) is 5.78 Å². The molecule has 0 aromatic heterocycles. The molecule has 0 fully saturated rings. The van der Waals surface area contributed by atoms with Crippen LogP contribution in [0.2, 0.25) is 0 Å². The van der Waals surface area contributed by atoms with Gasteiger partial charge in [-0.2, -0.15) is 0 Å². The normalized spacial score (nSPS) is 15.0. The number of hydrogen-bond acceptors (Lipinski definition) is 6. The molecule has 0 radical (unpaired) electrons. The predicted octanol–water partition coefficient (Wildman–Crippen LogP) is 1.34. The van der Waals surface area contributed by atoms with Crippen molar-refractivity contribution in [3.8, 4) is 0 Å². The first-order valence-electron chi connectivity index (χ1n) is 7.20. The average molecular weight is 315 g/mol. The smallest absolute Gasteiger partial charge is 0.407 e. The summed E-state index contributed by atoms with van der Waals surface area (Å²) in [6.45, 7) is 4.48. The maximum atomic E-state index is 11.2. The molecule has 7 nitrogen and oxygen atoms in total. The number of hydrogen-bond donors (Lipinski definition) is 2. The van der Waals surface area contributed by atoms with Crippen LogP contribution < -0.4 is 5.32 Å². The fourth-order valence-electron chi connectivity index (χ4n) is 1.82. The highest BCUT2D eigenvalue weighted by Gasteiger charge is 2.22. The van der Waals surface area contributed by atoms with Crippen LogP contribution in [-0.4, -0.2) is 48.3 Å². The fraction of sp³-hybridized carbons (Fsp3) is 0.667. The Balaban J connectivity index is 4.70. The largest absolute Gasteiger partial charge is 0.462 e. The van der Waals surface area contributed by atoms with Crippen LogP contribution in [0.25, 0.3) is 0 Å². The Morgan fingerprint density at radius 3 is 2.23 bits per heavy atom. The van der Waals surface area contributed by atoms with Gasteiger partial charge in [0.1, 0.15) is 12.2 Å². The summed E-state index contributed by atoms with van der Waals surface area (Å²) in [6.07, 6.45) is 1.01. The number of ether oxygens (including phenoxy) is 2. The summed E-state index contributed by atoms with van der Waals surface area (Å²) in [4.78, 5) is 33.2. The van der Waals surface area contributed by atoms with Gasteiger partial charge >= 0.3 is 12.1 Å². The monoisotopic (exact) mass is 315 g/mol. The molecular formula is C15H25NO6. The van der Waals surface area contributed by atoms with Crippen LogP contribution in [0.3, 0.4) is 0 Å². The molecule has 0 heterocycles. The molecule has 3 unspecified atom stereocenters. The van der Waals surface area contributed by atoms with E-state index in [4.69, 9.17) is 9.47 Å². The van der Waals surface area contributed by atoms with E-state index in [1.165, 1.54) is 33.0 Å². The van der Waals surface area contributed by atoms with Crippen LogP contribution in [-0.2, 0) is 19.1 Å². The van der Waals surface area contributed by atoms with Crippen molar-refractivity contribution in [2.45, 2.75) is 58.3 Å². The van der Waals surface area contributed by atoms with Crippen molar-refractivity contribution in [3.63, 3.8) is 0 Å². The van der Waals surface area contributed by atoms with Crippen molar-refractivity contribution < 1.29 is 29.0 Å². The molecule has 126 valence electrons. The Labute approximate surface area is 130 Å². The van der Waals surface area contributed by atoms with E-state index < -0.39 is 30.4 Å². The molecule has 2 N–H and O–H groups in total. The summed E-state index contributed by atoms with van der Waals surface area (Å²) in [7, 11) is 1.45. The topological polar surface area (TPSA) is 102 Å². The predicted molar refractivity (Wildman–Crippen MR) is 80.2 cm³/mol. The molecular weight excluding hydrogens is 290 g/mol. The minimum absolute atomic E-state index is 0.122. The number of rotatable bonds is 9. The van der Waals surface area contributed by atoms with Gasteiger partial charge in [-0.15, -0.1) is 0 Å². The summed E-state index contributed by atoms with van der Waals surface area (Å²) in [5, 5.41) is 12.2. The number of allylic oxidation sites excluding steroid dienone is 1. The van der Waals surface area contributed by atoms with Gasteiger partial charge in [0, 0.05) is 26.8 Å². The highest BCUT2D eigenvalue weighted by atomic mass is 16.6. The van der Waals surface area contributed by atoms with Crippen molar-refractivity contribution in [1.29, 1.82) is 0 Å². The molecule has 0 rings (SSSR count). The van der Waals surface area contributed by atoms with E-state index in [2.05, 4.69) is 5.32 Å². The molecule has 0 aliphatic heterocycles. The number of aliphatic hydroxyl groups excluding tert-OH is 1. The Bertz CT molecular complexity index is 407. The Hall–Kier alpha value is -1.89. The van der Waals surface area contributed by atoms with Gasteiger partial charge in [-0.3, -0.25) is 9.59 Å². The highest BCUT2D eigenvalue weighted by Crippen LogP contribution is 2.16. The van der Waals surface area contributed by atoms with Crippen LogP contribution in [0.5, 0.6) is 0 Å². The van der Waals surface area contributed by atoms with Crippen molar-refractivity contribution in [1.82, 2.24) is 5.32 Å². The molecule has 3 atom stereocenters. The highest BCUT2D eigenvalue weighted by molar-refractivity contribution is 5.87. The van der Waals surface area contributed by atoms with E-state index in [0.29, 0.717) is 6.42 Å². The van der Waals surface area contributed by atoms with E-state index in [-0.39, 0.29) is 18.6 Å². The molecule has 0 saturated heterocycles. The molecule has 0 aliphatic carbocycles. The standard InChI is InChI=1S/C15H25NO6/c1-5-13(22-15(20)16-4)9-14(21-11(3)18)8-12(19)7-6-10(2)17/h6-7,12-14,19H,5,8-9H2,1-4H3,(H,16,20)/b7-6+. The molecule has 0 spiro atoms. The number of carbonyl (C=O) groups excluding carboxylic acids is 3. The maximum Gasteiger partial charge on any atom is 0.407 e. The third-order valence-corrected chi connectivity index (χ3v) is 2.85. The molecule has 0 aromatic carbocycles. The van der Waals surface area contributed by atoms with Gasteiger partial charge < -0.3 is 19.9 Å². The van der Waals surface area contributed by atoms with E-state index in [1.807, 2.05) is 6.92 Å². The molecule has 0 aliphatic rings. The second-order valence-corrected chi connectivity index (χ2v) is 4.93. The molecule has 0 aromatic rings. The summed E-state index contributed by atoms with van der Waals surface area (Å²) in [5.41, 5.74) is 0. The first-order chi connectivity index (χ1) is 10.3. The van der Waals surface area contributed by atoms with Gasteiger partial charge in [-0.05, 0) is 19.4 Å². The minimum atomic E-state index is -0.925. The number of aliphatic hydroxyl groups is 1.